The molecule has 0 saturated carbocycles. The zero-order valence-electron chi connectivity index (χ0n) is 16.3. The SMILES string of the molecule is CCOP(=O)(OCC)OC1=C(C(=O)O)C(C)(c2ccc(Cl)c(Cl)c2)CC(C)C1. The van der Waals surface area contributed by atoms with Crippen LogP contribution in [-0.4, -0.2) is 24.3 Å². The molecule has 0 fully saturated rings. The molecular formula is C19H25Cl2O6P. The largest absolute Gasteiger partial charge is 0.529 e. The van der Waals surface area contributed by atoms with Gasteiger partial charge in [0.2, 0.25) is 0 Å². The van der Waals surface area contributed by atoms with E-state index in [4.69, 9.17) is 36.8 Å². The van der Waals surface area contributed by atoms with Crippen molar-refractivity contribution in [3.8, 4) is 0 Å². The summed E-state index contributed by atoms with van der Waals surface area (Å²) in [5.41, 5.74) is -0.214. The predicted octanol–water partition coefficient (Wildman–Crippen LogP) is 6.22. The summed E-state index contributed by atoms with van der Waals surface area (Å²) >= 11 is 12.2. The summed E-state index contributed by atoms with van der Waals surface area (Å²) in [7, 11) is -3.93. The lowest BCUT2D eigenvalue weighted by atomic mass is 9.66. The van der Waals surface area contributed by atoms with E-state index in [0.717, 1.165) is 0 Å². The molecule has 0 aliphatic heterocycles. The maximum absolute atomic E-state index is 12.9. The highest BCUT2D eigenvalue weighted by Crippen LogP contribution is 2.56. The summed E-state index contributed by atoms with van der Waals surface area (Å²) in [5.74, 6) is -0.991. The van der Waals surface area contributed by atoms with Gasteiger partial charge in [-0.2, -0.15) is 0 Å². The van der Waals surface area contributed by atoms with E-state index in [1.165, 1.54) is 0 Å². The monoisotopic (exact) mass is 450 g/mol. The van der Waals surface area contributed by atoms with E-state index >= 15 is 0 Å². The standard InChI is InChI=1S/C19H25Cl2O6P/c1-5-25-28(24,26-6-2)27-16-9-12(3)11-19(4,17(16)18(22)23)13-7-8-14(20)15(21)10-13/h7-8,10,12H,5-6,9,11H2,1-4H3,(H,22,23). The van der Waals surface area contributed by atoms with Crippen LogP contribution >= 0.6 is 31.0 Å². The summed E-state index contributed by atoms with van der Waals surface area (Å²) in [5, 5.41) is 10.7. The van der Waals surface area contributed by atoms with Gasteiger partial charge >= 0.3 is 13.8 Å². The minimum absolute atomic E-state index is 0.0172. The Morgan fingerprint density at radius 2 is 1.86 bits per heavy atom. The number of hydrogen-bond donors (Lipinski definition) is 1. The Balaban J connectivity index is 2.62. The maximum Gasteiger partial charge on any atom is 0.529 e. The quantitative estimate of drug-likeness (QED) is 0.473. The number of phosphoric acid groups is 1. The molecule has 1 aromatic rings. The van der Waals surface area contributed by atoms with Crippen molar-refractivity contribution < 1.29 is 28.0 Å². The molecule has 6 nitrogen and oxygen atoms in total. The second kappa shape index (κ2) is 9.19. The van der Waals surface area contributed by atoms with Crippen LogP contribution in [0.5, 0.6) is 0 Å². The number of carboxylic acids is 1. The van der Waals surface area contributed by atoms with Crippen LogP contribution in [0.3, 0.4) is 0 Å². The number of allylic oxidation sites excluding steroid dienone is 1. The van der Waals surface area contributed by atoms with Crippen LogP contribution in [0.25, 0.3) is 0 Å². The van der Waals surface area contributed by atoms with Gasteiger partial charge < -0.3 is 9.63 Å². The molecule has 2 rings (SSSR count). The number of hydrogen-bond acceptors (Lipinski definition) is 5. The minimum Gasteiger partial charge on any atom is -0.478 e. The molecule has 1 aliphatic carbocycles. The molecule has 2 atom stereocenters. The zero-order chi connectivity index (χ0) is 21.1. The third kappa shape index (κ3) is 4.92. The van der Waals surface area contributed by atoms with Crippen LogP contribution in [0, 0.1) is 5.92 Å². The Morgan fingerprint density at radius 1 is 1.25 bits per heavy atom. The third-order valence-electron chi connectivity index (χ3n) is 4.69. The van der Waals surface area contributed by atoms with Crippen molar-refractivity contribution in [2.45, 2.75) is 46.0 Å². The predicted molar refractivity (Wildman–Crippen MR) is 109 cm³/mol. The van der Waals surface area contributed by atoms with E-state index in [9.17, 15) is 14.5 Å². The number of carbonyl (C=O) groups is 1. The van der Waals surface area contributed by atoms with Gasteiger partial charge in [0.15, 0.2) is 0 Å². The van der Waals surface area contributed by atoms with Gasteiger partial charge in [-0.3, -0.25) is 9.05 Å². The molecule has 1 N–H and O–H groups in total. The Bertz CT molecular complexity index is 815. The molecule has 1 aliphatic rings. The highest BCUT2D eigenvalue weighted by Gasteiger charge is 2.45. The zero-order valence-corrected chi connectivity index (χ0v) is 18.7. The van der Waals surface area contributed by atoms with Gasteiger partial charge in [-0.1, -0.05) is 43.1 Å². The summed E-state index contributed by atoms with van der Waals surface area (Å²) < 4.78 is 28.9. The fourth-order valence-corrected chi connectivity index (χ4v) is 5.22. The van der Waals surface area contributed by atoms with Crippen LogP contribution in [0.2, 0.25) is 10.0 Å². The fraction of sp³-hybridized carbons (Fsp3) is 0.526. The molecule has 1 aromatic carbocycles. The number of aliphatic carboxylic acids is 1. The molecule has 0 amide bonds. The molecule has 0 saturated heterocycles. The number of phosphoric ester groups is 1. The normalized spacial score (nSPS) is 23.0. The Hall–Kier alpha value is -1.04. The number of halogens is 2. The highest BCUT2D eigenvalue weighted by molar-refractivity contribution is 7.48. The Kier molecular flexibility index (Phi) is 7.62. The molecule has 0 aromatic heterocycles. The lowest BCUT2D eigenvalue weighted by Gasteiger charge is -2.39. The molecule has 28 heavy (non-hydrogen) atoms. The summed E-state index contributed by atoms with van der Waals surface area (Å²) in [6.07, 6.45) is 0.857. The first-order chi connectivity index (χ1) is 13.1. The highest BCUT2D eigenvalue weighted by atomic mass is 35.5. The average Bonchev–Trinajstić information content (AvgIpc) is 2.56. The van der Waals surface area contributed by atoms with Crippen molar-refractivity contribution in [3.63, 3.8) is 0 Å². The van der Waals surface area contributed by atoms with Crippen molar-refractivity contribution in [3.05, 3.63) is 45.1 Å². The van der Waals surface area contributed by atoms with Crippen LogP contribution in [-0.2, 0) is 28.3 Å². The Morgan fingerprint density at radius 3 is 2.36 bits per heavy atom. The van der Waals surface area contributed by atoms with Gasteiger partial charge in [0, 0.05) is 11.8 Å². The minimum atomic E-state index is -3.93. The van der Waals surface area contributed by atoms with Gasteiger partial charge in [-0.15, -0.1) is 0 Å². The number of carboxylic acid groups (broad SMARTS) is 1. The molecule has 9 heteroatoms. The lowest BCUT2D eigenvalue weighted by molar-refractivity contribution is -0.134. The fourth-order valence-electron chi connectivity index (χ4n) is 3.68. The van der Waals surface area contributed by atoms with Gasteiger partial charge in [0.25, 0.3) is 0 Å². The van der Waals surface area contributed by atoms with E-state index in [1.54, 1.807) is 39.0 Å². The molecule has 2 unspecified atom stereocenters. The summed E-state index contributed by atoms with van der Waals surface area (Å²) in [6.45, 7) is 7.31. The van der Waals surface area contributed by atoms with Crippen molar-refractivity contribution in [1.29, 1.82) is 0 Å². The van der Waals surface area contributed by atoms with Gasteiger partial charge in [-0.05, 0) is 43.9 Å². The summed E-state index contributed by atoms with van der Waals surface area (Å²) in [6, 6.07) is 5.04. The van der Waals surface area contributed by atoms with Crippen LogP contribution in [0.1, 0.15) is 46.1 Å². The van der Waals surface area contributed by atoms with Crippen molar-refractivity contribution in [2.75, 3.05) is 13.2 Å². The van der Waals surface area contributed by atoms with Crippen molar-refractivity contribution >= 4 is 37.0 Å². The molecule has 0 radical (unpaired) electrons. The van der Waals surface area contributed by atoms with Gasteiger partial charge in [0.05, 0.1) is 28.8 Å². The van der Waals surface area contributed by atoms with Gasteiger partial charge in [-0.25, -0.2) is 9.36 Å². The summed E-state index contributed by atoms with van der Waals surface area (Å²) in [4.78, 5) is 12.2. The van der Waals surface area contributed by atoms with E-state index in [-0.39, 0.29) is 30.5 Å². The first-order valence-corrected chi connectivity index (χ1v) is 11.3. The van der Waals surface area contributed by atoms with Crippen LogP contribution in [0.4, 0.5) is 0 Å². The van der Waals surface area contributed by atoms with Crippen molar-refractivity contribution in [2.24, 2.45) is 5.92 Å². The van der Waals surface area contributed by atoms with Crippen LogP contribution < -0.4 is 0 Å². The van der Waals surface area contributed by atoms with Crippen molar-refractivity contribution in [1.82, 2.24) is 0 Å². The second-order valence-electron chi connectivity index (χ2n) is 6.95. The van der Waals surface area contributed by atoms with E-state index < -0.39 is 19.2 Å². The van der Waals surface area contributed by atoms with E-state index in [2.05, 4.69) is 0 Å². The second-order valence-corrected chi connectivity index (χ2v) is 9.36. The Labute approximate surface area is 175 Å². The number of rotatable bonds is 8. The topological polar surface area (TPSA) is 82.1 Å². The average molecular weight is 451 g/mol. The first kappa shape index (κ1) is 23.2. The molecule has 156 valence electrons. The molecule has 0 heterocycles. The van der Waals surface area contributed by atoms with Gasteiger partial charge in [0.1, 0.15) is 5.76 Å². The number of benzene rings is 1. The third-order valence-corrected chi connectivity index (χ3v) is 7.02. The van der Waals surface area contributed by atoms with Crippen LogP contribution in [0.15, 0.2) is 29.5 Å². The molecule has 0 bridgehead atoms. The molecular weight excluding hydrogens is 426 g/mol. The maximum atomic E-state index is 12.9. The van der Waals surface area contributed by atoms with E-state index in [0.29, 0.717) is 28.5 Å². The first-order valence-electron chi connectivity index (χ1n) is 9.07. The molecule has 0 spiro atoms. The lowest BCUT2D eigenvalue weighted by Crippen LogP contribution is -2.36. The van der Waals surface area contributed by atoms with E-state index in [1.807, 2.05) is 6.92 Å². The smallest absolute Gasteiger partial charge is 0.478 e.